The second-order valence-electron chi connectivity index (χ2n) is 11.6. The predicted octanol–water partition coefficient (Wildman–Crippen LogP) is 6.02. The van der Waals surface area contributed by atoms with Crippen LogP contribution < -0.4 is 10.1 Å². The maximum atomic E-state index is 13.8. The Bertz CT molecular complexity index is 1300. The van der Waals surface area contributed by atoms with Gasteiger partial charge < -0.3 is 19.9 Å². The molecular weight excluding hydrogens is 450 g/mol. The topological polar surface area (TPSA) is 74.4 Å². The fraction of sp³-hybridized carbons (Fsp3) is 0.467. The number of carbonyl (C=O) groups excluding carboxylic acids is 2. The lowest BCUT2D eigenvalue weighted by molar-refractivity contribution is -0.144. The second-order valence-corrected chi connectivity index (χ2v) is 11.6. The van der Waals surface area contributed by atoms with Crippen molar-refractivity contribution >= 4 is 28.4 Å². The van der Waals surface area contributed by atoms with Crippen LogP contribution in [0.5, 0.6) is 5.75 Å². The van der Waals surface area contributed by atoms with Crippen LogP contribution in [-0.2, 0) is 9.59 Å². The number of carbonyl (C=O) groups is 2. The van der Waals surface area contributed by atoms with E-state index in [1.807, 2.05) is 49.1 Å². The minimum Gasteiger partial charge on any atom is -0.497 e. The SMILES string of the molecule is COc1ccc(NC(=O)C(C)(C)N(C(=O)C[C@H]2[C@@H](c3c(C)[nH]c4ccccc34)C2(C)C)C2CC2)cc1. The smallest absolute Gasteiger partial charge is 0.249 e. The van der Waals surface area contributed by atoms with Crippen LogP contribution in [0.4, 0.5) is 5.69 Å². The molecule has 2 amide bonds. The van der Waals surface area contributed by atoms with Crippen molar-refractivity contribution in [1.82, 2.24) is 9.88 Å². The Balaban J connectivity index is 1.34. The van der Waals surface area contributed by atoms with Gasteiger partial charge in [0.25, 0.3) is 0 Å². The second kappa shape index (κ2) is 8.68. The number of ether oxygens (including phenoxy) is 1. The molecule has 2 aliphatic carbocycles. The third kappa shape index (κ3) is 4.16. The zero-order chi connectivity index (χ0) is 25.8. The number of methoxy groups -OCH3 is 1. The van der Waals surface area contributed by atoms with Gasteiger partial charge in [0.2, 0.25) is 11.8 Å². The van der Waals surface area contributed by atoms with Crippen LogP contribution in [0.3, 0.4) is 0 Å². The Morgan fingerprint density at radius 2 is 1.78 bits per heavy atom. The number of benzene rings is 2. The van der Waals surface area contributed by atoms with Crippen molar-refractivity contribution in [1.29, 1.82) is 0 Å². The van der Waals surface area contributed by atoms with Crippen LogP contribution in [0.25, 0.3) is 10.9 Å². The molecule has 2 aliphatic rings. The van der Waals surface area contributed by atoms with Crippen LogP contribution in [0.15, 0.2) is 48.5 Å². The average Bonchev–Trinajstić information content (AvgIpc) is 3.72. The molecule has 0 spiro atoms. The first kappa shape index (κ1) is 24.4. The Morgan fingerprint density at radius 3 is 2.42 bits per heavy atom. The van der Waals surface area contributed by atoms with Crippen molar-refractivity contribution in [2.24, 2.45) is 11.3 Å². The molecule has 0 bridgehead atoms. The fourth-order valence-corrected chi connectivity index (χ4v) is 6.06. The zero-order valence-electron chi connectivity index (χ0n) is 22.1. The summed E-state index contributed by atoms with van der Waals surface area (Å²) in [5.41, 5.74) is 3.42. The lowest BCUT2D eigenvalue weighted by Gasteiger charge is -2.38. The third-order valence-electron chi connectivity index (χ3n) is 8.39. The van der Waals surface area contributed by atoms with Gasteiger partial charge in [-0.05, 0) is 86.8 Å². The number of fused-ring (bicyclic) bond motifs is 1. The number of para-hydroxylation sites is 1. The molecule has 6 heteroatoms. The first-order valence-corrected chi connectivity index (χ1v) is 12.9. The predicted molar refractivity (Wildman–Crippen MR) is 143 cm³/mol. The Kier molecular flexibility index (Phi) is 5.89. The van der Waals surface area contributed by atoms with Gasteiger partial charge in [-0.2, -0.15) is 0 Å². The molecule has 1 aromatic heterocycles. The highest BCUT2D eigenvalue weighted by Gasteiger charge is 2.60. The molecule has 0 radical (unpaired) electrons. The molecule has 2 saturated carbocycles. The van der Waals surface area contributed by atoms with E-state index in [2.05, 4.69) is 49.3 Å². The number of aromatic nitrogens is 1. The van der Waals surface area contributed by atoms with Gasteiger partial charge in [-0.1, -0.05) is 32.0 Å². The van der Waals surface area contributed by atoms with Gasteiger partial charge in [-0.3, -0.25) is 9.59 Å². The van der Waals surface area contributed by atoms with E-state index >= 15 is 0 Å². The molecule has 190 valence electrons. The summed E-state index contributed by atoms with van der Waals surface area (Å²) >= 11 is 0. The molecule has 5 rings (SSSR count). The number of H-pyrrole nitrogens is 1. The quantitative estimate of drug-likeness (QED) is 0.408. The zero-order valence-corrected chi connectivity index (χ0v) is 22.1. The van der Waals surface area contributed by atoms with E-state index in [9.17, 15) is 9.59 Å². The number of anilines is 1. The number of amides is 2. The van der Waals surface area contributed by atoms with Crippen molar-refractivity contribution in [2.45, 2.75) is 71.4 Å². The van der Waals surface area contributed by atoms with Crippen molar-refractivity contribution in [3.05, 3.63) is 59.8 Å². The number of hydrogen-bond donors (Lipinski definition) is 2. The molecule has 3 aromatic rings. The molecule has 2 atom stereocenters. The molecule has 36 heavy (non-hydrogen) atoms. The highest BCUT2D eigenvalue weighted by atomic mass is 16.5. The van der Waals surface area contributed by atoms with Crippen LogP contribution in [0, 0.1) is 18.3 Å². The maximum Gasteiger partial charge on any atom is 0.249 e. The first-order valence-electron chi connectivity index (χ1n) is 12.9. The van der Waals surface area contributed by atoms with E-state index < -0.39 is 5.54 Å². The van der Waals surface area contributed by atoms with E-state index in [-0.39, 0.29) is 29.2 Å². The van der Waals surface area contributed by atoms with E-state index in [1.54, 1.807) is 7.11 Å². The summed E-state index contributed by atoms with van der Waals surface area (Å²) in [5.74, 6) is 1.19. The van der Waals surface area contributed by atoms with Crippen molar-refractivity contribution in [2.75, 3.05) is 12.4 Å². The van der Waals surface area contributed by atoms with Gasteiger partial charge >= 0.3 is 0 Å². The highest BCUT2D eigenvalue weighted by Crippen LogP contribution is 2.67. The normalized spacial score (nSPS) is 20.7. The van der Waals surface area contributed by atoms with E-state index in [0.29, 0.717) is 18.0 Å². The summed E-state index contributed by atoms with van der Waals surface area (Å²) in [7, 11) is 1.61. The summed E-state index contributed by atoms with van der Waals surface area (Å²) in [6, 6.07) is 15.8. The van der Waals surface area contributed by atoms with Crippen LogP contribution in [0.1, 0.15) is 64.1 Å². The minimum absolute atomic E-state index is 0.0239. The molecular formula is C30H37N3O3. The monoisotopic (exact) mass is 487 g/mol. The van der Waals surface area contributed by atoms with Gasteiger partial charge in [0, 0.05) is 34.7 Å². The summed E-state index contributed by atoms with van der Waals surface area (Å²) in [4.78, 5) is 32.6. The molecule has 6 nitrogen and oxygen atoms in total. The fourth-order valence-electron chi connectivity index (χ4n) is 6.06. The summed E-state index contributed by atoms with van der Waals surface area (Å²) in [6.07, 6.45) is 2.35. The highest BCUT2D eigenvalue weighted by molar-refractivity contribution is 6.00. The molecule has 0 unspecified atom stereocenters. The summed E-state index contributed by atoms with van der Waals surface area (Å²) < 4.78 is 5.21. The van der Waals surface area contributed by atoms with Crippen molar-refractivity contribution in [3.8, 4) is 5.75 Å². The van der Waals surface area contributed by atoms with Gasteiger partial charge in [0.05, 0.1) is 7.11 Å². The Labute approximate surface area is 213 Å². The van der Waals surface area contributed by atoms with E-state index in [4.69, 9.17) is 4.74 Å². The molecule has 2 N–H and O–H groups in total. The Hall–Kier alpha value is -3.28. The van der Waals surface area contributed by atoms with Crippen LogP contribution in [0.2, 0.25) is 0 Å². The van der Waals surface area contributed by atoms with Gasteiger partial charge in [0.15, 0.2) is 0 Å². The average molecular weight is 488 g/mol. The standard InChI is InChI=1S/C30H37N3O3/c1-18-26(22-9-7-8-10-24(22)31-18)27-23(29(27,2)3)17-25(34)33(20-13-14-20)30(4,5)28(35)32-19-11-15-21(36-6)16-12-19/h7-12,15-16,20,23,27,31H,13-14,17H2,1-6H3,(H,32,35)/t23-,27-/m0/s1. The van der Waals surface area contributed by atoms with Crippen LogP contribution >= 0.6 is 0 Å². The lowest BCUT2D eigenvalue weighted by atomic mass is 9.98. The number of nitrogens with one attached hydrogen (secondary N) is 2. The van der Waals surface area contributed by atoms with Gasteiger partial charge in [-0.15, -0.1) is 0 Å². The number of rotatable bonds is 8. The minimum atomic E-state index is -0.955. The number of nitrogens with zero attached hydrogens (tertiary/aromatic N) is 1. The maximum absolute atomic E-state index is 13.8. The van der Waals surface area contributed by atoms with E-state index in [0.717, 1.165) is 24.1 Å². The number of aromatic amines is 1. The van der Waals surface area contributed by atoms with Gasteiger partial charge in [0.1, 0.15) is 11.3 Å². The van der Waals surface area contributed by atoms with E-state index in [1.165, 1.54) is 16.6 Å². The van der Waals surface area contributed by atoms with Crippen molar-refractivity contribution in [3.63, 3.8) is 0 Å². The Morgan fingerprint density at radius 1 is 1.11 bits per heavy atom. The lowest BCUT2D eigenvalue weighted by Crippen LogP contribution is -2.56. The first-order chi connectivity index (χ1) is 17.1. The third-order valence-corrected chi connectivity index (χ3v) is 8.39. The number of hydrogen-bond acceptors (Lipinski definition) is 3. The molecule has 0 aliphatic heterocycles. The van der Waals surface area contributed by atoms with Crippen molar-refractivity contribution < 1.29 is 14.3 Å². The summed E-state index contributed by atoms with van der Waals surface area (Å²) in [6.45, 7) is 10.4. The largest absolute Gasteiger partial charge is 0.497 e. The summed E-state index contributed by atoms with van der Waals surface area (Å²) in [5, 5.41) is 4.25. The van der Waals surface area contributed by atoms with Gasteiger partial charge in [-0.25, -0.2) is 0 Å². The molecule has 2 aromatic carbocycles. The molecule has 1 heterocycles. The molecule has 0 saturated heterocycles. The number of aryl methyl sites for hydroxylation is 1. The van der Waals surface area contributed by atoms with Crippen LogP contribution in [-0.4, -0.2) is 40.4 Å². The molecule has 2 fully saturated rings.